The molecule has 0 atom stereocenters. The van der Waals surface area contributed by atoms with Crippen LogP contribution < -0.4 is 20.1 Å². The van der Waals surface area contributed by atoms with Crippen LogP contribution in [0.2, 0.25) is 0 Å². The second-order valence-electron chi connectivity index (χ2n) is 6.92. The molecule has 7 nitrogen and oxygen atoms in total. The third kappa shape index (κ3) is 4.40. The highest BCUT2D eigenvalue weighted by molar-refractivity contribution is 6.04. The molecular formula is C24H22N4O3. The van der Waals surface area contributed by atoms with E-state index in [4.69, 9.17) is 9.47 Å². The SMILES string of the molecule is COc1ccc(OC)c(NC(=O)c2nc(Nc3ccc(C)cc3)c3ccccc3n2)c1. The number of anilines is 3. The second kappa shape index (κ2) is 8.71. The van der Waals surface area contributed by atoms with Gasteiger partial charge in [-0.15, -0.1) is 0 Å². The predicted octanol–water partition coefficient (Wildman–Crippen LogP) is 4.95. The summed E-state index contributed by atoms with van der Waals surface area (Å²) in [5, 5.41) is 6.94. The molecule has 156 valence electrons. The van der Waals surface area contributed by atoms with Crippen molar-refractivity contribution in [3.8, 4) is 11.5 Å². The van der Waals surface area contributed by atoms with Gasteiger partial charge >= 0.3 is 0 Å². The van der Waals surface area contributed by atoms with E-state index in [2.05, 4.69) is 20.6 Å². The molecule has 0 unspecified atom stereocenters. The Morgan fingerprint density at radius 2 is 1.68 bits per heavy atom. The average Bonchev–Trinajstić information content (AvgIpc) is 2.80. The largest absolute Gasteiger partial charge is 0.497 e. The third-order valence-corrected chi connectivity index (χ3v) is 4.78. The summed E-state index contributed by atoms with van der Waals surface area (Å²) in [6, 6.07) is 20.7. The van der Waals surface area contributed by atoms with Crippen molar-refractivity contribution < 1.29 is 14.3 Å². The number of benzene rings is 3. The summed E-state index contributed by atoms with van der Waals surface area (Å²) in [6.45, 7) is 2.03. The fourth-order valence-corrected chi connectivity index (χ4v) is 3.14. The number of hydrogen-bond acceptors (Lipinski definition) is 6. The van der Waals surface area contributed by atoms with Crippen LogP contribution in [0.15, 0.2) is 66.7 Å². The number of carbonyl (C=O) groups excluding carboxylic acids is 1. The zero-order valence-corrected chi connectivity index (χ0v) is 17.5. The van der Waals surface area contributed by atoms with Crippen LogP contribution in [0.3, 0.4) is 0 Å². The summed E-state index contributed by atoms with van der Waals surface area (Å²) in [6.07, 6.45) is 0. The zero-order valence-electron chi connectivity index (χ0n) is 17.5. The minimum absolute atomic E-state index is 0.0400. The summed E-state index contributed by atoms with van der Waals surface area (Å²) >= 11 is 0. The molecular weight excluding hydrogens is 392 g/mol. The number of para-hydroxylation sites is 1. The molecule has 0 bridgehead atoms. The van der Waals surface area contributed by atoms with Crippen molar-refractivity contribution in [2.75, 3.05) is 24.9 Å². The molecule has 4 rings (SSSR count). The first-order valence-corrected chi connectivity index (χ1v) is 9.71. The van der Waals surface area contributed by atoms with Gasteiger partial charge in [-0.2, -0.15) is 0 Å². The quantitative estimate of drug-likeness (QED) is 0.464. The zero-order chi connectivity index (χ0) is 21.8. The molecule has 4 aromatic rings. The Labute approximate surface area is 180 Å². The number of amides is 1. The molecule has 3 aromatic carbocycles. The van der Waals surface area contributed by atoms with Gasteiger partial charge in [-0.05, 0) is 43.3 Å². The van der Waals surface area contributed by atoms with Gasteiger partial charge in [-0.3, -0.25) is 4.79 Å². The maximum absolute atomic E-state index is 13.0. The maximum Gasteiger partial charge on any atom is 0.293 e. The number of hydrogen-bond donors (Lipinski definition) is 2. The standard InChI is InChI=1S/C24H22N4O3/c1-15-8-10-16(11-9-15)25-22-18-6-4-5-7-19(18)26-23(28-22)24(29)27-20-14-17(30-2)12-13-21(20)31-3/h4-14H,1-3H3,(H,27,29)(H,25,26,28). The van der Waals surface area contributed by atoms with E-state index in [1.807, 2.05) is 55.5 Å². The lowest BCUT2D eigenvalue weighted by molar-refractivity contribution is 0.101. The Balaban J connectivity index is 1.71. The number of aryl methyl sites for hydroxylation is 1. The van der Waals surface area contributed by atoms with Crippen LogP contribution in [-0.4, -0.2) is 30.1 Å². The number of nitrogens with one attached hydrogen (secondary N) is 2. The van der Waals surface area contributed by atoms with E-state index in [-0.39, 0.29) is 5.82 Å². The van der Waals surface area contributed by atoms with Crippen molar-refractivity contribution in [3.63, 3.8) is 0 Å². The Hall–Kier alpha value is -4.13. The first-order valence-electron chi connectivity index (χ1n) is 9.71. The molecule has 0 aliphatic heterocycles. The molecule has 0 fully saturated rings. The maximum atomic E-state index is 13.0. The van der Waals surface area contributed by atoms with E-state index in [1.54, 1.807) is 25.3 Å². The van der Waals surface area contributed by atoms with Crippen molar-refractivity contribution in [2.24, 2.45) is 0 Å². The van der Waals surface area contributed by atoms with Crippen LogP contribution in [0.1, 0.15) is 16.2 Å². The molecule has 0 spiro atoms. The smallest absolute Gasteiger partial charge is 0.293 e. The number of carbonyl (C=O) groups is 1. The molecule has 0 saturated heterocycles. The topological polar surface area (TPSA) is 85.4 Å². The Morgan fingerprint density at radius 3 is 2.42 bits per heavy atom. The number of aromatic nitrogens is 2. The predicted molar refractivity (Wildman–Crippen MR) is 121 cm³/mol. The first kappa shape index (κ1) is 20.2. The molecule has 0 saturated carbocycles. The van der Waals surface area contributed by atoms with Crippen LogP contribution in [0.5, 0.6) is 11.5 Å². The molecule has 0 radical (unpaired) electrons. The summed E-state index contributed by atoms with van der Waals surface area (Å²) in [4.78, 5) is 22.0. The third-order valence-electron chi connectivity index (χ3n) is 4.78. The van der Waals surface area contributed by atoms with Gasteiger partial charge in [0.1, 0.15) is 17.3 Å². The normalized spacial score (nSPS) is 10.5. The summed E-state index contributed by atoms with van der Waals surface area (Å²) in [7, 11) is 3.09. The van der Waals surface area contributed by atoms with E-state index >= 15 is 0 Å². The van der Waals surface area contributed by atoms with Gasteiger partial charge in [-0.25, -0.2) is 9.97 Å². The van der Waals surface area contributed by atoms with Gasteiger partial charge in [0.25, 0.3) is 5.91 Å². The Kier molecular flexibility index (Phi) is 5.66. The van der Waals surface area contributed by atoms with Crippen LogP contribution in [0.25, 0.3) is 10.9 Å². The van der Waals surface area contributed by atoms with E-state index in [0.717, 1.165) is 16.6 Å². The van der Waals surface area contributed by atoms with E-state index < -0.39 is 5.91 Å². The van der Waals surface area contributed by atoms with Crippen LogP contribution >= 0.6 is 0 Å². The van der Waals surface area contributed by atoms with Crippen molar-refractivity contribution in [1.29, 1.82) is 0 Å². The molecule has 0 aliphatic rings. The van der Waals surface area contributed by atoms with Crippen molar-refractivity contribution in [1.82, 2.24) is 9.97 Å². The van der Waals surface area contributed by atoms with Crippen LogP contribution in [0, 0.1) is 6.92 Å². The molecule has 7 heteroatoms. The fraction of sp³-hybridized carbons (Fsp3) is 0.125. The number of methoxy groups -OCH3 is 2. The lowest BCUT2D eigenvalue weighted by Gasteiger charge is -2.13. The highest BCUT2D eigenvalue weighted by atomic mass is 16.5. The van der Waals surface area contributed by atoms with Gasteiger partial charge in [-0.1, -0.05) is 29.8 Å². The summed E-state index contributed by atoms with van der Waals surface area (Å²) in [5.74, 6) is 1.24. The highest BCUT2D eigenvalue weighted by Gasteiger charge is 2.17. The monoisotopic (exact) mass is 414 g/mol. The van der Waals surface area contributed by atoms with Crippen molar-refractivity contribution in [3.05, 3.63) is 78.1 Å². The molecule has 1 heterocycles. The molecule has 1 aromatic heterocycles. The van der Waals surface area contributed by atoms with E-state index in [1.165, 1.54) is 7.11 Å². The molecule has 2 N–H and O–H groups in total. The van der Waals surface area contributed by atoms with Gasteiger partial charge in [0, 0.05) is 17.1 Å². The summed E-state index contributed by atoms with van der Waals surface area (Å²) < 4.78 is 10.6. The van der Waals surface area contributed by atoms with Gasteiger partial charge in [0.05, 0.1) is 25.4 Å². The molecule has 1 amide bonds. The second-order valence-corrected chi connectivity index (χ2v) is 6.92. The highest BCUT2D eigenvalue weighted by Crippen LogP contribution is 2.30. The van der Waals surface area contributed by atoms with Crippen molar-refractivity contribution in [2.45, 2.75) is 6.92 Å². The van der Waals surface area contributed by atoms with Crippen LogP contribution in [-0.2, 0) is 0 Å². The van der Waals surface area contributed by atoms with Crippen molar-refractivity contribution >= 4 is 34.0 Å². The van der Waals surface area contributed by atoms with Gasteiger partial charge in [0.15, 0.2) is 0 Å². The minimum Gasteiger partial charge on any atom is -0.497 e. The first-order chi connectivity index (χ1) is 15.1. The lowest BCUT2D eigenvalue weighted by Crippen LogP contribution is -2.17. The fourth-order valence-electron chi connectivity index (χ4n) is 3.14. The molecule has 0 aliphatic carbocycles. The Morgan fingerprint density at radius 1 is 0.903 bits per heavy atom. The van der Waals surface area contributed by atoms with Gasteiger partial charge < -0.3 is 20.1 Å². The van der Waals surface area contributed by atoms with E-state index in [9.17, 15) is 4.79 Å². The number of nitrogens with zero attached hydrogens (tertiary/aromatic N) is 2. The lowest BCUT2D eigenvalue weighted by atomic mass is 10.2. The van der Waals surface area contributed by atoms with Crippen LogP contribution in [0.4, 0.5) is 17.2 Å². The average molecular weight is 414 g/mol. The minimum atomic E-state index is -0.454. The molecule has 31 heavy (non-hydrogen) atoms. The Bertz CT molecular complexity index is 1240. The summed E-state index contributed by atoms with van der Waals surface area (Å²) in [5.41, 5.74) is 3.16. The number of rotatable bonds is 6. The van der Waals surface area contributed by atoms with E-state index in [0.29, 0.717) is 28.5 Å². The van der Waals surface area contributed by atoms with Gasteiger partial charge in [0.2, 0.25) is 5.82 Å². The number of ether oxygens (including phenoxy) is 2. The number of fused-ring (bicyclic) bond motifs is 1.